The zero-order valence-corrected chi connectivity index (χ0v) is 9.09. The maximum atomic E-state index is 4.48. The van der Waals surface area contributed by atoms with Gasteiger partial charge in [0.1, 0.15) is 0 Å². The standard InChI is InChI=1S/C12H19N/c1-5-10-7-6-8-13-11(9-10)12(2,3)4/h6-8H,5,9H2,1-4H3. The Kier molecular flexibility index (Phi) is 3.07. The molecule has 1 aliphatic rings. The number of rotatable bonds is 1. The van der Waals surface area contributed by atoms with Crippen molar-refractivity contribution in [3.05, 3.63) is 23.9 Å². The highest BCUT2D eigenvalue weighted by molar-refractivity contribution is 5.91. The number of hydrogen-bond donors (Lipinski definition) is 0. The molecule has 0 atom stereocenters. The van der Waals surface area contributed by atoms with Crippen LogP contribution in [0, 0.1) is 5.41 Å². The van der Waals surface area contributed by atoms with Crippen LogP contribution in [-0.4, -0.2) is 5.71 Å². The normalized spacial score (nSPS) is 17.8. The Hall–Kier alpha value is -0.850. The molecule has 0 saturated carbocycles. The van der Waals surface area contributed by atoms with E-state index >= 15 is 0 Å². The van der Waals surface area contributed by atoms with E-state index in [1.165, 1.54) is 11.3 Å². The molecule has 0 aromatic heterocycles. The molecule has 0 unspecified atom stereocenters. The number of allylic oxidation sites excluding steroid dienone is 3. The average molecular weight is 177 g/mol. The second kappa shape index (κ2) is 3.91. The molecule has 0 aromatic rings. The minimum absolute atomic E-state index is 0.197. The van der Waals surface area contributed by atoms with E-state index in [2.05, 4.69) is 38.8 Å². The fourth-order valence-electron chi connectivity index (χ4n) is 1.33. The summed E-state index contributed by atoms with van der Waals surface area (Å²) in [6.45, 7) is 8.86. The van der Waals surface area contributed by atoms with Crippen molar-refractivity contribution < 1.29 is 0 Å². The lowest BCUT2D eigenvalue weighted by Crippen LogP contribution is -2.20. The lowest BCUT2D eigenvalue weighted by molar-refractivity contribution is 0.581. The van der Waals surface area contributed by atoms with E-state index in [9.17, 15) is 0 Å². The van der Waals surface area contributed by atoms with Gasteiger partial charge in [-0.3, -0.25) is 4.99 Å². The second-order valence-corrected chi connectivity index (χ2v) is 4.52. The van der Waals surface area contributed by atoms with Crippen molar-refractivity contribution in [1.82, 2.24) is 0 Å². The van der Waals surface area contributed by atoms with Crippen molar-refractivity contribution in [2.24, 2.45) is 10.4 Å². The smallest absolute Gasteiger partial charge is 0.0273 e. The fraction of sp³-hybridized carbons (Fsp3) is 0.583. The summed E-state index contributed by atoms with van der Waals surface area (Å²) < 4.78 is 0. The van der Waals surface area contributed by atoms with Gasteiger partial charge in [-0.05, 0) is 12.5 Å². The molecule has 0 aliphatic carbocycles. The van der Waals surface area contributed by atoms with Crippen LogP contribution in [0.4, 0.5) is 0 Å². The van der Waals surface area contributed by atoms with E-state index in [1.54, 1.807) is 0 Å². The molecule has 13 heavy (non-hydrogen) atoms. The van der Waals surface area contributed by atoms with Crippen molar-refractivity contribution in [2.75, 3.05) is 0 Å². The molecule has 0 aromatic carbocycles. The average Bonchev–Trinajstić information content (AvgIpc) is 2.27. The Labute approximate surface area is 81.3 Å². The van der Waals surface area contributed by atoms with E-state index in [1.807, 2.05) is 12.3 Å². The van der Waals surface area contributed by atoms with Gasteiger partial charge < -0.3 is 0 Å². The quantitative estimate of drug-likeness (QED) is 0.578. The van der Waals surface area contributed by atoms with Crippen LogP contribution in [0.3, 0.4) is 0 Å². The van der Waals surface area contributed by atoms with E-state index in [0.717, 1.165) is 12.8 Å². The molecule has 0 bridgehead atoms. The van der Waals surface area contributed by atoms with E-state index in [0.29, 0.717) is 0 Å². The Morgan fingerprint density at radius 1 is 1.38 bits per heavy atom. The number of nitrogens with zero attached hydrogens (tertiary/aromatic N) is 1. The van der Waals surface area contributed by atoms with Crippen LogP contribution >= 0.6 is 0 Å². The third-order valence-corrected chi connectivity index (χ3v) is 2.36. The minimum Gasteiger partial charge on any atom is -0.265 e. The summed E-state index contributed by atoms with van der Waals surface area (Å²) >= 11 is 0. The third-order valence-electron chi connectivity index (χ3n) is 2.36. The SMILES string of the molecule is CCC1=CC=CN=C(C(C)(C)C)C1. The van der Waals surface area contributed by atoms with Crippen LogP contribution < -0.4 is 0 Å². The Balaban J connectivity index is 2.85. The monoisotopic (exact) mass is 177 g/mol. The molecule has 1 rings (SSSR count). The van der Waals surface area contributed by atoms with Gasteiger partial charge in [-0.25, -0.2) is 0 Å². The molecule has 72 valence electrons. The van der Waals surface area contributed by atoms with Crippen molar-refractivity contribution in [1.29, 1.82) is 0 Å². The molecule has 0 spiro atoms. The maximum absolute atomic E-state index is 4.48. The van der Waals surface area contributed by atoms with Crippen LogP contribution in [0.1, 0.15) is 40.5 Å². The first-order chi connectivity index (χ1) is 6.04. The largest absolute Gasteiger partial charge is 0.265 e. The van der Waals surface area contributed by atoms with Crippen LogP contribution in [0.15, 0.2) is 28.9 Å². The molecule has 0 amide bonds. The Bertz CT molecular complexity index is 261. The van der Waals surface area contributed by atoms with Gasteiger partial charge in [-0.15, -0.1) is 0 Å². The fourth-order valence-corrected chi connectivity index (χ4v) is 1.33. The summed E-state index contributed by atoms with van der Waals surface area (Å²) in [5.41, 5.74) is 2.96. The summed E-state index contributed by atoms with van der Waals surface area (Å²) in [7, 11) is 0. The Morgan fingerprint density at radius 3 is 2.62 bits per heavy atom. The summed E-state index contributed by atoms with van der Waals surface area (Å²) in [6, 6.07) is 0. The Morgan fingerprint density at radius 2 is 2.08 bits per heavy atom. The molecular weight excluding hydrogens is 158 g/mol. The highest BCUT2D eigenvalue weighted by Crippen LogP contribution is 2.24. The van der Waals surface area contributed by atoms with E-state index < -0.39 is 0 Å². The summed E-state index contributed by atoms with van der Waals surface area (Å²) in [6.07, 6.45) is 8.29. The predicted molar refractivity (Wildman–Crippen MR) is 59.0 cm³/mol. The van der Waals surface area contributed by atoms with Crippen molar-refractivity contribution in [2.45, 2.75) is 40.5 Å². The van der Waals surface area contributed by atoms with Gasteiger partial charge >= 0.3 is 0 Å². The maximum Gasteiger partial charge on any atom is 0.0273 e. The highest BCUT2D eigenvalue weighted by Gasteiger charge is 2.19. The first kappa shape index (κ1) is 10.2. The zero-order chi connectivity index (χ0) is 9.90. The van der Waals surface area contributed by atoms with Gasteiger partial charge in [0.15, 0.2) is 0 Å². The lowest BCUT2D eigenvalue weighted by atomic mass is 9.85. The summed E-state index contributed by atoms with van der Waals surface area (Å²) in [5, 5.41) is 0. The lowest BCUT2D eigenvalue weighted by Gasteiger charge is -2.21. The molecule has 1 heteroatoms. The van der Waals surface area contributed by atoms with Gasteiger partial charge in [-0.2, -0.15) is 0 Å². The van der Waals surface area contributed by atoms with Crippen molar-refractivity contribution in [3.8, 4) is 0 Å². The molecule has 1 aliphatic heterocycles. The number of aliphatic imine (C=N–C) groups is 1. The van der Waals surface area contributed by atoms with Crippen LogP contribution in [0.2, 0.25) is 0 Å². The van der Waals surface area contributed by atoms with Gasteiger partial charge in [0, 0.05) is 23.7 Å². The highest BCUT2D eigenvalue weighted by atomic mass is 14.7. The topological polar surface area (TPSA) is 12.4 Å². The van der Waals surface area contributed by atoms with Gasteiger partial charge in [0.05, 0.1) is 0 Å². The van der Waals surface area contributed by atoms with Gasteiger partial charge in [-0.1, -0.05) is 39.3 Å². The molecule has 1 nitrogen and oxygen atoms in total. The second-order valence-electron chi connectivity index (χ2n) is 4.52. The third kappa shape index (κ3) is 2.83. The van der Waals surface area contributed by atoms with E-state index in [4.69, 9.17) is 0 Å². The predicted octanol–water partition coefficient (Wildman–Crippen LogP) is 3.73. The zero-order valence-electron chi connectivity index (χ0n) is 9.09. The first-order valence-electron chi connectivity index (χ1n) is 4.95. The van der Waals surface area contributed by atoms with Crippen molar-refractivity contribution in [3.63, 3.8) is 0 Å². The molecule has 0 radical (unpaired) electrons. The molecular formula is C12H19N. The molecule has 0 N–H and O–H groups in total. The van der Waals surface area contributed by atoms with Crippen molar-refractivity contribution >= 4 is 5.71 Å². The van der Waals surface area contributed by atoms with E-state index in [-0.39, 0.29) is 5.41 Å². The molecule has 1 heterocycles. The first-order valence-corrected chi connectivity index (χ1v) is 4.95. The summed E-state index contributed by atoms with van der Waals surface area (Å²) in [5.74, 6) is 0. The van der Waals surface area contributed by atoms with Gasteiger partial charge in [0.2, 0.25) is 0 Å². The van der Waals surface area contributed by atoms with Crippen LogP contribution in [0.5, 0.6) is 0 Å². The summed E-state index contributed by atoms with van der Waals surface area (Å²) in [4.78, 5) is 4.48. The van der Waals surface area contributed by atoms with Gasteiger partial charge in [0.25, 0.3) is 0 Å². The van der Waals surface area contributed by atoms with Crippen LogP contribution in [-0.2, 0) is 0 Å². The molecule has 0 saturated heterocycles. The molecule has 0 fully saturated rings. The number of hydrogen-bond acceptors (Lipinski definition) is 1. The van der Waals surface area contributed by atoms with Crippen LogP contribution in [0.25, 0.3) is 0 Å². The minimum atomic E-state index is 0.197.